The zero-order valence-corrected chi connectivity index (χ0v) is 9.23. The molecule has 2 heteroatoms. The van der Waals surface area contributed by atoms with Crippen molar-refractivity contribution < 1.29 is 9.18 Å². The standard InChI is InChI=1S/C9H11F.C3H6O/c1-3-8-5-4-7(2)6-9(8)10;1-3(2)4/h4-6H,3H2,1-2H3;1-2H3. The molecule has 0 bridgehead atoms. The second-order valence-electron chi connectivity index (χ2n) is 3.36. The second kappa shape index (κ2) is 6.30. The minimum Gasteiger partial charge on any atom is -0.300 e. The normalized spacial score (nSPS) is 8.93. The fourth-order valence-electron chi connectivity index (χ4n) is 0.939. The highest BCUT2D eigenvalue weighted by atomic mass is 19.1. The number of ketones is 1. The lowest BCUT2D eigenvalue weighted by Crippen LogP contribution is -1.86. The zero-order valence-electron chi connectivity index (χ0n) is 9.23. The minimum atomic E-state index is -0.0810. The molecule has 0 unspecified atom stereocenters. The van der Waals surface area contributed by atoms with Crippen LogP contribution in [0.2, 0.25) is 0 Å². The van der Waals surface area contributed by atoms with E-state index in [1.807, 2.05) is 26.0 Å². The molecule has 0 aliphatic rings. The Labute approximate surface area is 85.0 Å². The summed E-state index contributed by atoms with van der Waals surface area (Å²) < 4.78 is 12.9. The first-order chi connectivity index (χ1) is 6.47. The number of carbonyl (C=O) groups is 1. The summed E-state index contributed by atoms with van der Waals surface area (Å²) >= 11 is 0. The molecule has 0 aliphatic heterocycles. The molecule has 0 heterocycles. The molecule has 14 heavy (non-hydrogen) atoms. The molecule has 0 radical (unpaired) electrons. The van der Waals surface area contributed by atoms with E-state index in [1.165, 1.54) is 13.8 Å². The van der Waals surface area contributed by atoms with Gasteiger partial charge in [-0.05, 0) is 44.4 Å². The van der Waals surface area contributed by atoms with E-state index in [2.05, 4.69) is 0 Å². The molecule has 0 spiro atoms. The first-order valence-corrected chi connectivity index (χ1v) is 4.69. The summed E-state index contributed by atoms with van der Waals surface area (Å²) in [4.78, 5) is 9.44. The van der Waals surface area contributed by atoms with Crippen molar-refractivity contribution >= 4 is 5.78 Å². The third kappa shape index (κ3) is 5.46. The number of hydrogen-bond donors (Lipinski definition) is 0. The number of rotatable bonds is 1. The maximum absolute atomic E-state index is 12.9. The first kappa shape index (κ1) is 12.8. The van der Waals surface area contributed by atoms with Crippen LogP contribution in [-0.4, -0.2) is 5.78 Å². The third-order valence-corrected chi connectivity index (χ3v) is 1.59. The number of aryl methyl sites for hydroxylation is 2. The van der Waals surface area contributed by atoms with E-state index < -0.39 is 0 Å². The highest BCUT2D eigenvalue weighted by Crippen LogP contribution is 2.09. The molecule has 0 saturated heterocycles. The van der Waals surface area contributed by atoms with Crippen LogP contribution < -0.4 is 0 Å². The van der Waals surface area contributed by atoms with Gasteiger partial charge >= 0.3 is 0 Å². The molecule has 1 aromatic rings. The van der Waals surface area contributed by atoms with Gasteiger partial charge in [0.15, 0.2) is 0 Å². The molecule has 1 aromatic carbocycles. The highest BCUT2D eigenvalue weighted by molar-refractivity contribution is 5.72. The Morgan fingerprint density at radius 2 is 1.86 bits per heavy atom. The van der Waals surface area contributed by atoms with Crippen molar-refractivity contribution in [2.45, 2.75) is 34.1 Å². The van der Waals surface area contributed by atoms with Gasteiger partial charge in [-0.2, -0.15) is 0 Å². The average molecular weight is 196 g/mol. The van der Waals surface area contributed by atoms with E-state index in [9.17, 15) is 9.18 Å². The van der Waals surface area contributed by atoms with Crippen molar-refractivity contribution in [2.24, 2.45) is 0 Å². The molecule has 0 saturated carbocycles. The quantitative estimate of drug-likeness (QED) is 0.673. The van der Waals surface area contributed by atoms with Gasteiger partial charge in [-0.1, -0.05) is 19.1 Å². The Morgan fingerprint density at radius 3 is 2.21 bits per heavy atom. The first-order valence-electron chi connectivity index (χ1n) is 4.69. The van der Waals surface area contributed by atoms with Crippen LogP contribution in [0, 0.1) is 12.7 Å². The summed E-state index contributed by atoms with van der Waals surface area (Å²) in [5.41, 5.74) is 1.78. The van der Waals surface area contributed by atoms with E-state index in [0.29, 0.717) is 0 Å². The van der Waals surface area contributed by atoms with Crippen LogP contribution in [-0.2, 0) is 11.2 Å². The van der Waals surface area contributed by atoms with Gasteiger partial charge in [-0.3, -0.25) is 0 Å². The molecular formula is C12H17FO. The summed E-state index contributed by atoms with van der Waals surface area (Å²) in [6.07, 6.45) is 0.770. The topological polar surface area (TPSA) is 17.1 Å². The van der Waals surface area contributed by atoms with Crippen molar-refractivity contribution in [2.75, 3.05) is 0 Å². The van der Waals surface area contributed by atoms with Gasteiger partial charge < -0.3 is 4.79 Å². The van der Waals surface area contributed by atoms with E-state index in [4.69, 9.17) is 0 Å². The molecule has 1 rings (SSSR count). The number of carbonyl (C=O) groups excluding carboxylic acids is 1. The lowest BCUT2D eigenvalue weighted by atomic mass is 10.1. The molecule has 0 N–H and O–H groups in total. The van der Waals surface area contributed by atoms with Crippen molar-refractivity contribution in [3.05, 3.63) is 35.1 Å². The summed E-state index contributed by atoms with van der Waals surface area (Å²) in [5.74, 6) is 0.0856. The predicted octanol–water partition coefficient (Wildman–Crippen LogP) is 3.29. The van der Waals surface area contributed by atoms with E-state index in [0.717, 1.165) is 17.5 Å². The lowest BCUT2D eigenvalue weighted by molar-refractivity contribution is -0.114. The smallest absolute Gasteiger partial charge is 0.126 e. The van der Waals surface area contributed by atoms with Crippen LogP contribution in [0.25, 0.3) is 0 Å². The van der Waals surface area contributed by atoms with Crippen LogP contribution in [0.3, 0.4) is 0 Å². The summed E-state index contributed by atoms with van der Waals surface area (Å²) in [7, 11) is 0. The molecule has 0 fully saturated rings. The van der Waals surface area contributed by atoms with Crippen LogP contribution in [0.15, 0.2) is 18.2 Å². The van der Waals surface area contributed by atoms with Gasteiger partial charge in [0.25, 0.3) is 0 Å². The van der Waals surface area contributed by atoms with Crippen LogP contribution in [0.5, 0.6) is 0 Å². The predicted molar refractivity (Wildman–Crippen MR) is 56.9 cm³/mol. The second-order valence-corrected chi connectivity index (χ2v) is 3.36. The average Bonchev–Trinajstić information content (AvgIpc) is 2.03. The highest BCUT2D eigenvalue weighted by Gasteiger charge is 1.97. The Hall–Kier alpha value is -1.18. The Morgan fingerprint density at radius 1 is 1.36 bits per heavy atom. The Balaban J connectivity index is 0.000000364. The van der Waals surface area contributed by atoms with E-state index in [1.54, 1.807) is 6.07 Å². The van der Waals surface area contributed by atoms with Gasteiger partial charge in [0.2, 0.25) is 0 Å². The van der Waals surface area contributed by atoms with E-state index >= 15 is 0 Å². The molecule has 0 atom stereocenters. The van der Waals surface area contributed by atoms with Crippen LogP contribution >= 0.6 is 0 Å². The minimum absolute atomic E-state index is 0.0810. The molecule has 0 aromatic heterocycles. The Bertz CT molecular complexity index is 301. The van der Waals surface area contributed by atoms with Crippen molar-refractivity contribution in [1.82, 2.24) is 0 Å². The Kier molecular flexibility index (Phi) is 5.77. The van der Waals surface area contributed by atoms with Crippen molar-refractivity contribution in [1.29, 1.82) is 0 Å². The third-order valence-electron chi connectivity index (χ3n) is 1.59. The van der Waals surface area contributed by atoms with Gasteiger partial charge in [0, 0.05) is 0 Å². The number of hydrogen-bond acceptors (Lipinski definition) is 1. The fraction of sp³-hybridized carbons (Fsp3) is 0.417. The largest absolute Gasteiger partial charge is 0.300 e. The van der Waals surface area contributed by atoms with Gasteiger partial charge in [-0.15, -0.1) is 0 Å². The van der Waals surface area contributed by atoms with Crippen LogP contribution in [0.4, 0.5) is 4.39 Å². The number of benzene rings is 1. The van der Waals surface area contributed by atoms with Crippen molar-refractivity contribution in [3.63, 3.8) is 0 Å². The summed E-state index contributed by atoms with van der Waals surface area (Å²) in [6.45, 7) is 6.90. The SMILES string of the molecule is CC(C)=O.CCc1ccc(C)cc1F. The molecule has 78 valence electrons. The zero-order chi connectivity index (χ0) is 11.1. The van der Waals surface area contributed by atoms with Gasteiger partial charge in [0.05, 0.1) is 0 Å². The summed E-state index contributed by atoms with van der Waals surface area (Å²) in [5, 5.41) is 0. The van der Waals surface area contributed by atoms with E-state index in [-0.39, 0.29) is 11.6 Å². The number of Topliss-reactive ketones (excluding diaryl/α,β-unsaturated/α-hetero) is 1. The maximum atomic E-state index is 12.9. The molecule has 0 aliphatic carbocycles. The lowest BCUT2D eigenvalue weighted by Gasteiger charge is -1.98. The van der Waals surface area contributed by atoms with Gasteiger partial charge in [0.1, 0.15) is 11.6 Å². The summed E-state index contributed by atoms with van der Waals surface area (Å²) in [6, 6.07) is 5.34. The van der Waals surface area contributed by atoms with Gasteiger partial charge in [-0.25, -0.2) is 4.39 Å². The maximum Gasteiger partial charge on any atom is 0.126 e. The fourth-order valence-corrected chi connectivity index (χ4v) is 0.939. The number of halogens is 1. The molecule has 1 nitrogen and oxygen atoms in total. The molecular weight excluding hydrogens is 179 g/mol. The monoisotopic (exact) mass is 196 g/mol. The van der Waals surface area contributed by atoms with Crippen LogP contribution in [0.1, 0.15) is 31.9 Å². The molecule has 0 amide bonds. The van der Waals surface area contributed by atoms with Crippen molar-refractivity contribution in [3.8, 4) is 0 Å².